The Morgan fingerprint density at radius 2 is 2.00 bits per heavy atom. The Morgan fingerprint density at radius 1 is 1.25 bits per heavy atom. The number of nitrogens with two attached hydrogens (primary N) is 1. The van der Waals surface area contributed by atoms with Crippen molar-refractivity contribution < 1.29 is 4.79 Å². The highest BCUT2D eigenvalue weighted by Crippen LogP contribution is 2.18. The van der Waals surface area contributed by atoms with Crippen LogP contribution in [0.4, 0.5) is 5.69 Å². The third-order valence-electron chi connectivity index (χ3n) is 2.76. The van der Waals surface area contributed by atoms with Crippen LogP contribution in [-0.4, -0.2) is 12.5 Å². The van der Waals surface area contributed by atoms with Gasteiger partial charge in [0, 0.05) is 5.69 Å². The number of rotatable bonds is 3. The Morgan fingerprint density at radius 3 is 2.65 bits per heavy atom. The fourth-order valence-electron chi connectivity index (χ4n) is 1.68. The number of amides is 1. The first-order chi connectivity index (χ1) is 9.72. The Balaban J connectivity index is 2.05. The van der Waals surface area contributed by atoms with Gasteiger partial charge in [0.25, 0.3) is 5.91 Å². The minimum atomic E-state index is -0.111. The van der Waals surface area contributed by atoms with Crippen molar-refractivity contribution in [3.63, 3.8) is 0 Å². The van der Waals surface area contributed by atoms with Gasteiger partial charge >= 0.3 is 0 Å². The molecular formula is C16H16N2OS. The summed E-state index contributed by atoms with van der Waals surface area (Å²) in [6, 6.07) is 11.5. The summed E-state index contributed by atoms with van der Waals surface area (Å²) in [7, 11) is 0. The zero-order chi connectivity index (χ0) is 14.4. The molecule has 0 aliphatic rings. The number of hydrogen-bond acceptors (Lipinski definition) is 3. The minimum Gasteiger partial charge on any atom is -0.321 e. The Kier molecular flexibility index (Phi) is 4.94. The second kappa shape index (κ2) is 6.90. The summed E-state index contributed by atoms with van der Waals surface area (Å²) in [5.41, 5.74) is 7.37. The van der Waals surface area contributed by atoms with Crippen molar-refractivity contribution in [3.8, 4) is 11.8 Å². The maximum absolute atomic E-state index is 12.1. The topological polar surface area (TPSA) is 55.1 Å². The predicted molar refractivity (Wildman–Crippen MR) is 84.0 cm³/mol. The molecule has 1 aromatic heterocycles. The van der Waals surface area contributed by atoms with Crippen LogP contribution in [0, 0.1) is 11.8 Å². The highest BCUT2D eigenvalue weighted by atomic mass is 32.1. The molecule has 0 fully saturated rings. The summed E-state index contributed by atoms with van der Waals surface area (Å²) in [5, 5.41) is 2.88. The van der Waals surface area contributed by atoms with E-state index in [1.54, 1.807) is 6.07 Å². The lowest BCUT2D eigenvalue weighted by molar-refractivity contribution is 0.103. The minimum absolute atomic E-state index is 0.111. The first-order valence-electron chi connectivity index (χ1n) is 6.42. The Bertz CT molecular complexity index is 647. The lowest BCUT2D eigenvalue weighted by Gasteiger charge is -2.04. The summed E-state index contributed by atoms with van der Waals surface area (Å²) in [5.74, 6) is 5.59. The fraction of sp³-hybridized carbons (Fsp3) is 0.188. The van der Waals surface area contributed by atoms with Crippen LogP contribution >= 0.6 is 11.3 Å². The molecular weight excluding hydrogens is 268 g/mol. The molecule has 2 aromatic rings. The molecule has 0 radical (unpaired) electrons. The van der Waals surface area contributed by atoms with Crippen molar-refractivity contribution >= 4 is 22.9 Å². The molecule has 0 aliphatic carbocycles. The first kappa shape index (κ1) is 14.3. The van der Waals surface area contributed by atoms with Crippen molar-refractivity contribution in [2.24, 2.45) is 5.73 Å². The largest absolute Gasteiger partial charge is 0.321 e. The van der Waals surface area contributed by atoms with Crippen LogP contribution in [0.3, 0.4) is 0 Å². The van der Waals surface area contributed by atoms with E-state index < -0.39 is 0 Å². The van der Waals surface area contributed by atoms with Crippen molar-refractivity contribution in [1.82, 2.24) is 0 Å². The molecule has 102 valence electrons. The molecule has 2 rings (SSSR count). The number of carbonyl (C=O) groups excluding carboxylic acids is 1. The van der Waals surface area contributed by atoms with Crippen molar-refractivity contribution in [2.75, 3.05) is 11.9 Å². The van der Waals surface area contributed by atoms with E-state index in [1.807, 2.05) is 30.3 Å². The average Bonchev–Trinajstić information content (AvgIpc) is 2.95. The highest BCUT2D eigenvalue weighted by Gasteiger charge is 2.08. The van der Waals surface area contributed by atoms with E-state index >= 15 is 0 Å². The van der Waals surface area contributed by atoms with Crippen molar-refractivity contribution in [3.05, 3.63) is 51.7 Å². The van der Waals surface area contributed by atoms with Gasteiger partial charge in [0.05, 0.1) is 16.3 Å². The molecule has 0 spiro atoms. The van der Waals surface area contributed by atoms with Gasteiger partial charge < -0.3 is 11.1 Å². The van der Waals surface area contributed by atoms with E-state index in [0.29, 0.717) is 11.4 Å². The van der Waals surface area contributed by atoms with Gasteiger partial charge in [-0.25, -0.2) is 0 Å². The van der Waals surface area contributed by atoms with E-state index in [9.17, 15) is 4.79 Å². The molecule has 0 unspecified atom stereocenters. The molecule has 0 saturated carbocycles. The summed E-state index contributed by atoms with van der Waals surface area (Å²) >= 11 is 1.37. The quantitative estimate of drug-likeness (QED) is 0.852. The van der Waals surface area contributed by atoms with E-state index in [0.717, 1.165) is 17.0 Å². The Hall–Kier alpha value is -2.09. The van der Waals surface area contributed by atoms with Gasteiger partial charge in [0.15, 0.2) is 0 Å². The van der Waals surface area contributed by atoms with E-state index in [4.69, 9.17) is 5.73 Å². The normalized spacial score (nSPS) is 9.70. The predicted octanol–water partition coefficient (Wildman–Crippen LogP) is 2.87. The van der Waals surface area contributed by atoms with Gasteiger partial charge in [-0.1, -0.05) is 30.9 Å². The SMILES string of the molecule is CCc1ccc(NC(=O)c2ccc(C#CCN)s2)cc1. The smallest absolute Gasteiger partial charge is 0.265 e. The van der Waals surface area contributed by atoms with Crippen LogP contribution in [0.25, 0.3) is 0 Å². The standard InChI is InChI=1S/C16H16N2OS/c1-2-12-5-7-13(8-6-12)18-16(19)15-10-9-14(20-15)4-3-11-17/h5-10H,2,11,17H2,1H3,(H,18,19). The fourth-order valence-corrected chi connectivity index (χ4v) is 2.46. The number of nitrogens with one attached hydrogen (secondary N) is 1. The third-order valence-corrected chi connectivity index (χ3v) is 3.76. The number of thiophene rings is 1. The van der Waals surface area contributed by atoms with Crippen LogP contribution in [0.15, 0.2) is 36.4 Å². The molecule has 4 heteroatoms. The summed E-state index contributed by atoms with van der Waals surface area (Å²) in [6.07, 6.45) is 0.988. The number of anilines is 1. The average molecular weight is 284 g/mol. The molecule has 0 atom stereocenters. The number of aryl methyl sites for hydroxylation is 1. The molecule has 1 aromatic carbocycles. The number of carbonyl (C=O) groups is 1. The van der Waals surface area contributed by atoms with Crippen LogP contribution in [0.2, 0.25) is 0 Å². The maximum Gasteiger partial charge on any atom is 0.265 e. The summed E-state index contributed by atoms with van der Waals surface area (Å²) in [4.78, 5) is 13.6. The molecule has 3 nitrogen and oxygen atoms in total. The zero-order valence-corrected chi connectivity index (χ0v) is 12.1. The number of benzene rings is 1. The Labute approximate surface area is 122 Å². The monoisotopic (exact) mass is 284 g/mol. The molecule has 0 aliphatic heterocycles. The van der Waals surface area contributed by atoms with Crippen LogP contribution in [0.5, 0.6) is 0 Å². The van der Waals surface area contributed by atoms with Crippen molar-refractivity contribution in [1.29, 1.82) is 0 Å². The van der Waals surface area contributed by atoms with Gasteiger partial charge in [-0.05, 0) is 36.2 Å². The van der Waals surface area contributed by atoms with Gasteiger partial charge in [-0.3, -0.25) is 4.79 Å². The molecule has 0 saturated heterocycles. The zero-order valence-electron chi connectivity index (χ0n) is 11.3. The van der Waals surface area contributed by atoms with Crippen LogP contribution in [0.1, 0.15) is 27.0 Å². The summed E-state index contributed by atoms with van der Waals surface area (Å²) in [6.45, 7) is 2.42. The van der Waals surface area contributed by atoms with Crippen LogP contribution in [-0.2, 0) is 6.42 Å². The molecule has 3 N–H and O–H groups in total. The highest BCUT2D eigenvalue weighted by molar-refractivity contribution is 7.14. The van der Waals surface area contributed by atoms with Crippen molar-refractivity contribution in [2.45, 2.75) is 13.3 Å². The lowest BCUT2D eigenvalue weighted by atomic mass is 10.1. The van der Waals surface area contributed by atoms with Gasteiger partial charge in [0.1, 0.15) is 0 Å². The van der Waals surface area contributed by atoms with Gasteiger partial charge in [0.2, 0.25) is 0 Å². The molecule has 1 heterocycles. The third kappa shape index (κ3) is 3.70. The molecule has 20 heavy (non-hydrogen) atoms. The summed E-state index contributed by atoms with van der Waals surface area (Å²) < 4.78 is 0. The van der Waals surface area contributed by atoms with Gasteiger partial charge in [-0.2, -0.15) is 0 Å². The molecule has 0 bridgehead atoms. The second-order valence-corrected chi connectivity index (χ2v) is 5.26. The lowest BCUT2D eigenvalue weighted by Crippen LogP contribution is -2.09. The second-order valence-electron chi connectivity index (χ2n) is 4.17. The van der Waals surface area contributed by atoms with E-state index in [2.05, 4.69) is 24.1 Å². The van der Waals surface area contributed by atoms with Crippen LogP contribution < -0.4 is 11.1 Å². The number of hydrogen-bond donors (Lipinski definition) is 2. The maximum atomic E-state index is 12.1. The first-order valence-corrected chi connectivity index (χ1v) is 7.23. The van der Waals surface area contributed by atoms with E-state index in [-0.39, 0.29) is 5.91 Å². The molecule has 1 amide bonds. The van der Waals surface area contributed by atoms with Gasteiger partial charge in [-0.15, -0.1) is 11.3 Å². The van der Waals surface area contributed by atoms with E-state index in [1.165, 1.54) is 16.9 Å².